The van der Waals surface area contributed by atoms with Gasteiger partial charge in [-0.05, 0) is 19.1 Å². The van der Waals surface area contributed by atoms with Crippen LogP contribution in [0.3, 0.4) is 0 Å². The Balaban J connectivity index is 2.89. The summed E-state index contributed by atoms with van der Waals surface area (Å²) in [5.41, 5.74) is 0.454. The van der Waals surface area contributed by atoms with Gasteiger partial charge in [-0.25, -0.2) is 8.42 Å². The van der Waals surface area contributed by atoms with Crippen LogP contribution in [0.25, 0.3) is 0 Å². The quantitative estimate of drug-likeness (QED) is 0.875. The van der Waals surface area contributed by atoms with E-state index < -0.39 is 21.0 Å². The number of sulfone groups is 1. The van der Waals surface area contributed by atoms with E-state index in [0.717, 1.165) is 6.26 Å². The van der Waals surface area contributed by atoms with E-state index in [1.165, 1.54) is 14.0 Å². The molecule has 17 heavy (non-hydrogen) atoms. The average Bonchev–Trinajstić information content (AvgIpc) is 2.27. The van der Waals surface area contributed by atoms with Crippen LogP contribution in [0, 0.1) is 0 Å². The van der Waals surface area contributed by atoms with Crippen molar-refractivity contribution in [2.45, 2.75) is 12.2 Å². The van der Waals surface area contributed by atoms with Crippen molar-refractivity contribution in [3.63, 3.8) is 0 Å². The fraction of sp³-hybridized carbons (Fsp3) is 0.364. The Morgan fingerprint density at radius 2 is 1.94 bits per heavy atom. The Morgan fingerprint density at radius 1 is 1.35 bits per heavy atom. The molecule has 0 aliphatic carbocycles. The maximum absolute atomic E-state index is 11.7. The number of para-hydroxylation sites is 2. The highest BCUT2D eigenvalue weighted by Gasteiger charge is 2.24. The van der Waals surface area contributed by atoms with Crippen LogP contribution in [0.2, 0.25) is 0 Å². The van der Waals surface area contributed by atoms with Gasteiger partial charge in [-0.2, -0.15) is 0 Å². The molecule has 1 atom stereocenters. The second-order valence-electron chi connectivity index (χ2n) is 3.66. The normalized spacial score (nSPS) is 12.9. The van der Waals surface area contributed by atoms with Gasteiger partial charge < -0.3 is 10.1 Å². The van der Waals surface area contributed by atoms with Crippen LogP contribution in [-0.2, 0) is 14.6 Å². The lowest BCUT2D eigenvalue weighted by Gasteiger charge is -2.12. The SMILES string of the molecule is COc1ccccc1NC(=O)[C@@H](C)S(C)(=O)=O. The summed E-state index contributed by atoms with van der Waals surface area (Å²) in [7, 11) is -1.92. The Hall–Kier alpha value is -1.56. The molecule has 0 aliphatic rings. The van der Waals surface area contributed by atoms with Crippen LogP contribution in [0.4, 0.5) is 5.69 Å². The van der Waals surface area contributed by atoms with E-state index in [4.69, 9.17) is 4.74 Å². The van der Waals surface area contributed by atoms with Crippen molar-refractivity contribution in [2.75, 3.05) is 18.7 Å². The van der Waals surface area contributed by atoms with Gasteiger partial charge in [0.15, 0.2) is 9.84 Å². The second kappa shape index (κ2) is 5.18. The van der Waals surface area contributed by atoms with Crippen molar-refractivity contribution < 1.29 is 17.9 Å². The predicted molar refractivity (Wildman–Crippen MR) is 65.9 cm³/mol. The number of methoxy groups -OCH3 is 1. The standard InChI is InChI=1S/C11H15NO4S/c1-8(17(3,14)15)11(13)12-9-6-4-5-7-10(9)16-2/h4-8H,1-3H3,(H,12,13)/t8-/m1/s1. The lowest BCUT2D eigenvalue weighted by molar-refractivity contribution is -0.115. The van der Waals surface area contributed by atoms with Gasteiger partial charge in [-0.1, -0.05) is 12.1 Å². The van der Waals surface area contributed by atoms with Gasteiger partial charge in [0.25, 0.3) is 0 Å². The first-order chi connectivity index (χ1) is 7.86. The molecule has 5 nitrogen and oxygen atoms in total. The molecule has 0 aliphatic heterocycles. The zero-order chi connectivity index (χ0) is 13.1. The van der Waals surface area contributed by atoms with Crippen molar-refractivity contribution in [2.24, 2.45) is 0 Å². The summed E-state index contributed by atoms with van der Waals surface area (Å²) in [4.78, 5) is 11.7. The van der Waals surface area contributed by atoms with Crippen LogP contribution in [0.1, 0.15) is 6.92 Å². The molecule has 0 saturated carbocycles. The van der Waals surface area contributed by atoms with Gasteiger partial charge in [-0.15, -0.1) is 0 Å². The number of benzene rings is 1. The number of carbonyl (C=O) groups excluding carboxylic acids is 1. The number of carbonyl (C=O) groups is 1. The number of rotatable bonds is 4. The van der Waals surface area contributed by atoms with Crippen LogP contribution in [0.5, 0.6) is 5.75 Å². The van der Waals surface area contributed by atoms with Crippen molar-refractivity contribution in [1.82, 2.24) is 0 Å². The van der Waals surface area contributed by atoms with Crippen LogP contribution in [0.15, 0.2) is 24.3 Å². The summed E-state index contributed by atoms with van der Waals surface area (Å²) < 4.78 is 27.5. The summed E-state index contributed by atoms with van der Waals surface area (Å²) in [6, 6.07) is 6.81. The molecule has 1 N–H and O–H groups in total. The molecule has 6 heteroatoms. The average molecular weight is 257 g/mol. The molecule has 94 valence electrons. The first kappa shape index (κ1) is 13.5. The van der Waals surface area contributed by atoms with Crippen LogP contribution in [-0.4, -0.2) is 32.9 Å². The third-order valence-corrected chi connectivity index (χ3v) is 3.87. The Morgan fingerprint density at radius 3 is 2.47 bits per heavy atom. The number of nitrogens with one attached hydrogen (secondary N) is 1. The van der Waals surface area contributed by atoms with Crippen molar-refractivity contribution >= 4 is 21.4 Å². The largest absolute Gasteiger partial charge is 0.495 e. The maximum Gasteiger partial charge on any atom is 0.242 e. The number of hydrogen-bond donors (Lipinski definition) is 1. The molecule has 0 fully saturated rings. The van der Waals surface area contributed by atoms with E-state index in [9.17, 15) is 13.2 Å². The number of amides is 1. The van der Waals surface area contributed by atoms with Crippen LogP contribution >= 0.6 is 0 Å². The molecule has 0 unspecified atom stereocenters. The van der Waals surface area contributed by atoms with Gasteiger partial charge in [0, 0.05) is 6.26 Å². The van der Waals surface area contributed by atoms with Crippen LogP contribution < -0.4 is 10.1 Å². The molecular weight excluding hydrogens is 242 g/mol. The maximum atomic E-state index is 11.7. The first-order valence-electron chi connectivity index (χ1n) is 4.99. The Bertz CT molecular complexity index is 510. The third kappa shape index (κ3) is 3.45. The minimum Gasteiger partial charge on any atom is -0.495 e. The van der Waals surface area contributed by atoms with Crippen molar-refractivity contribution in [3.8, 4) is 5.75 Å². The van der Waals surface area contributed by atoms with E-state index in [-0.39, 0.29) is 0 Å². The lowest BCUT2D eigenvalue weighted by Crippen LogP contribution is -2.31. The number of hydrogen-bond acceptors (Lipinski definition) is 4. The minimum atomic E-state index is -3.39. The van der Waals surface area contributed by atoms with Gasteiger partial charge >= 0.3 is 0 Å². The molecule has 1 aromatic rings. The molecule has 0 radical (unpaired) electrons. The summed E-state index contributed by atoms with van der Waals surface area (Å²) in [5, 5.41) is 1.43. The van der Waals surface area contributed by atoms with E-state index >= 15 is 0 Å². The first-order valence-corrected chi connectivity index (χ1v) is 6.94. The van der Waals surface area contributed by atoms with E-state index in [2.05, 4.69) is 5.32 Å². The van der Waals surface area contributed by atoms with Gasteiger partial charge in [0.05, 0.1) is 12.8 Å². The summed E-state index contributed by atoms with van der Waals surface area (Å²) >= 11 is 0. The summed E-state index contributed by atoms with van der Waals surface area (Å²) in [6.07, 6.45) is 1.03. The Labute approximate surface area is 101 Å². The number of ether oxygens (including phenoxy) is 1. The summed E-state index contributed by atoms with van der Waals surface area (Å²) in [5.74, 6) is -0.0847. The fourth-order valence-electron chi connectivity index (χ4n) is 1.18. The molecule has 0 heterocycles. The molecule has 0 saturated heterocycles. The van der Waals surface area contributed by atoms with Gasteiger partial charge in [-0.3, -0.25) is 4.79 Å². The molecule has 1 aromatic carbocycles. The summed E-state index contributed by atoms with van der Waals surface area (Å²) in [6.45, 7) is 1.35. The van der Waals surface area contributed by atoms with E-state index in [1.54, 1.807) is 24.3 Å². The third-order valence-electron chi connectivity index (χ3n) is 2.38. The van der Waals surface area contributed by atoms with Gasteiger partial charge in [0.2, 0.25) is 5.91 Å². The van der Waals surface area contributed by atoms with Gasteiger partial charge in [0.1, 0.15) is 11.0 Å². The molecule has 1 rings (SSSR count). The van der Waals surface area contributed by atoms with Crippen molar-refractivity contribution in [3.05, 3.63) is 24.3 Å². The second-order valence-corrected chi connectivity index (χ2v) is 6.03. The molecule has 0 aromatic heterocycles. The Kier molecular flexibility index (Phi) is 4.11. The topological polar surface area (TPSA) is 72.5 Å². The number of anilines is 1. The fourth-order valence-corrected chi connectivity index (χ4v) is 1.62. The zero-order valence-electron chi connectivity index (χ0n) is 9.93. The predicted octanol–water partition coefficient (Wildman–Crippen LogP) is 1.07. The molecule has 1 amide bonds. The minimum absolute atomic E-state index is 0.454. The molecular formula is C11H15NO4S. The smallest absolute Gasteiger partial charge is 0.242 e. The monoisotopic (exact) mass is 257 g/mol. The highest BCUT2D eigenvalue weighted by molar-refractivity contribution is 7.92. The highest BCUT2D eigenvalue weighted by atomic mass is 32.2. The van der Waals surface area contributed by atoms with E-state index in [0.29, 0.717) is 11.4 Å². The van der Waals surface area contributed by atoms with E-state index in [1.807, 2.05) is 0 Å². The zero-order valence-corrected chi connectivity index (χ0v) is 10.7. The van der Waals surface area contributed by atoms with Crippen molar-refractivity contribution in [1.29, 1.82) is 0 Å². The molecule has 0 bridgehead atoms. The lowest BCUT2D eigenvalue weighted by atomic mass is 10.3. The highest BCUT2D eigenvalue weighted by Crippen LogP contribution is 2.23. The molecule has 0 spiro atoms.